The molecule has 1 aliphatic carbocycles. The van der Waals surface area contributed by atoms with Gasteiger partial charge in [-0.25, -0.2) is 9.78 Å². The molecule has 1 fully saturated rings. The van der Waals surface area contributed by atoms with Crippen molar-refractivity contribution in [3.05, 3.63) is 27.5 Å². The Balaban J connectivity index is 1.24. The van der Waals surface area contributed by atoms with E-state index >= 15 is 0 Å². The summed E-state index contributed by atoms with van der Waals surface area (Å²) < 4.78 is 7.76. The Hall–Kier alpha value is -2.00. The highest BCUT2D eigenvalue weighted by molar-refractivity contribution is 7.09. The maximum atomic E-state index is 12.6. The third-order valence-corrected chi connectivity index (χ3v) is 6.00. The van der Waals surface area contributed by atoms with Gasteiger partial charge in [0.2, 0.25) is 0 Å². The van der Waals surface area contributed by atoms with E-state index in [4.69, 9.17) is 4.74 Å². The number of nitrogens with zero attached hydrogens (tertiary/aromatic N) is 5. The first kappa shape index (κ1) is 17.4. The summed E-state index contributed by atoms with van der Waals surface area (Å²) in [6.07, 6.45) is 3.55. The summed E-state index contributed by atoms with van der Waals surface area (Å²) in [5.41, 5.74) is 3.22. The first-order valence-electron chi connectivity index (χ1n) is 9.04. The predicted octanol–water partition coefficient (Wildman–Crippen LogP) is 1.44. The second-order valence-electron chi connectivity index (χ2n) is 7.05. The van der Waals surface area contributed by atoms with Crippen LogP contribution < -0.4 is 5.32 Å². The molecule has 1 aliphatic heterocycles. The van der Waals surface area contributed by atoms with Crippen LogP contribution in [0.25, 0.3) is 0 Å². The smallest absolute Gasteiger partial charge is 0.317 e. The molecule has 8 nitrogen and oxygen atoms in total. The minimum Gasteiger partial charge on any atom is -0.369 e. The summed E-state index contributed by atoms with van der Waals surface area (Å²) in [6.45, 7) is 3.88. The van der Waals surface area contributed by atoms with Gasteiger partial charge in [-0.05, 0) is 26.2 Å². The van der Waals surface area contributed by atoms with Gasteiger partial charge < -0.3 is 15.0 Å². The van der Waals surface area contributed by atoms with Crippen LogP contribution in [-0.2, 0) is 31.2 Å². The number of carbonyl (C=O) groups excluding carboxylic acids is 1. The summed E-state index contributed by atoms with van der Waals surface area (Å²) in [5, 5.41) is 14.4. The largest absolute Gasteiger partial charge is 0.369 e. The minimum atomic E-state index is -0.00136. The van der Waals surface area contributed by atoms with Gasteiger partial charge in [0, 0.05) is 43.7 Å². The first-order valence-corrected chi connectivity index (χ1v) is 9.92. The molecule has 2 unspecified atom stereocenters. The number of hydrogen-bond acceptors (Lipinski definition) is 6. The molecule has 2 amide bonds. The number of aromatic nitrogens is 4. The standard InChI is InChI=1S/C17H24N6O2S/c1-11-10-26-16(18-11)9-25-13-5-6-23(8-13)17(24)19-12-3-4-15-14(7-12)20-21-22(15)2/h10,12-13H,3-9H2,1-2H3,(H,19,24). The SMILES string of the molecule is Cc1csc(COC2CCN(C(=O)NC3CCc4c(nnn4C)C3)C2)n1. The molecule has 0 aromatic carbocycles. The number of nitrogens with one attached hydrogen (secondary N) is 1. The van der Waals surface area contributed by atoms with Gasteiger partial charge >= 0.3 is 6.03 Å². The van der Waals surface area contributed by atoms with Gasteiger partial charge in [-0.15, -0.1) is 16.4 Å². The van der Waals surface area contributed by atoms with E-state index in [9.17, 15) is 4.79 Å². The maximum absolute atomic E-state index is 12.6. The van der Waals surface area contributed by atoms with Crippen molar-refractivity contribution >= 4 is 17.4 Å². The molecule has 0 spiro atoms. The van der Waals surface area contributed by atoms with E-state index in [1.54, 1.807) is 11.3 Å². The summed E-state index contributed by atoms with van der Waals surface area (Å²) >= 11 is 1.62. The van der Waals surface area contributed by atoms with Crippen molar-refractivity contribution in [1.29, 1.82) is 0 Å². The molecular formula is C17H24N6O2S. The van der Waals surface area contributed by atoms with Crippen molar-refractivity contribution in [2.75, 3.05) is 13.1 Å². The Morgan fingerprint density at radius 3 is 3.15 bits per heavy atom. The molecule has 0 bridgehead atoms. The summed E-state index contributed by atoms with van der Waals surface area (Å²) in [5.74, 6) is 0. The number of thiazole rings is 1. The number of rotatable bonds is 4. The minimum absolute atomic E-state index is 0.00136. The Kier molecular flexibility index (Phi) is 4.90. The van der Waals surface area contributed by atoms with E-state index in [2.05, 4.69) is 20.6 Å². The fraction of sp³-hybridized carbons (Fsp3) is 0.647. The van der Waals surface area contributed by atoms with Crippen LogP contribution in [0, 0.1) is 6.92 Å². The highest BCUT2D eigenvalue weighted by Crippen LogP contribution is 2.20. The van der Waals surface area contributed by atoms with Crippen LogP contribution in [0.4, 0.5) is 4.79 Å². The molecule has 0 radical (unpaired) electrons. The van der Waals surface area contributed by atoms with Gasteiger partial charge in [0.1, 0.15) is 5.01 Å². The quantitative estimate of drug-likeness (QED) is 0.873. The maximum Gasteiger partial charge on any atom is 0.317 e. The lowest BCUT2D eigenvalue weighted by Crippen LogP contribution is -2.46. The highest BCUT2D eigenvalue weighted by Gasteiger charge is 2.30. The number of ether oxygens (including phenoxy) is 1. The number of carbonyl (C=O) groups is 1. The van der Waals surface area contributed by atoms with Gasteiger partial charge in [0.05, 0.1) is 24.1 Å². The van der Waals surface area contributed by atoms with E-state index < -0.39 is 0 Å². The lowest BCUT2D eigenvalue weighted by atomic mass is 9.96. The van der Waals surface area contributed by atoms with E-state index in [0.717, 1.165) is 48.6 Å². The molecule has 3 heterocycles. The zero-order chi connectivity index (χ0) is 18.1. The van der Waals surface area contributed by atoms with Crippen molar-refractivity contribution in [3.63, 3.8) is 0 Å². The van der Waals surface area contributed by atoms with E-state index in [1.165, 1.54) is 5.69 Å². The monoisotopic (exact) mass is 376 g/mol. The van der Waals surface area contributed by atoms with Crippen LogP contribution in [0.3, 0.4) is 0 Å². The zero-order valence-electron chi connectivity index (χ0n) is 15.1. The van der Waals surface area contributed by atoms with Crippen molar-refractivity contribution in [2.24, 2.45) is 7.05 Å². The normalized spacial score (nSPS) is 22.5. The molecule has 2 aromatic rings. The summed E-state index contributed by atoms with van der Waals surface area (Å²) in [7, 11) is 1.92. The van der Waals surface area contributed by atoms with E-state index in [0.29, 0.717) is 13.2 Å². The number of amides is 2. The van der Waals surface area contributed by atoms with Gasteiger partial charge in [-0.1, -0.05) is 5.21 Å². The number of likely N-dealkylation sites (tertiary alicyclic amines) is 1. The Morgan fingerprint density at radius 2 is 2.35 bits per heavy atom. The number of aryl methyl sites for hydroxylation is 2. The van der Waals surface area contributed by atoms with E-state index in [1.807, 2.05) is 28.9 Å². The topological polar surface area (TPSA) is 85.2 Å². The number of urea groups is 1. The number of fused-ring (bicyclic) bond motifs is 1. The first-order chi connectivity index (χ1) is 12.6. The summed E-state index contributed by atoms with van der Waals surface area (Å²) in [4.78, 5) is 18.8. The molecule has 2 aromatic heterocycles. The Labute approximate surface area is 156 Å². The molecule has 26 heavy (non-hydrogen) atoms. The molecule has 9 heteroatoms. The van der Waals surface area contributed by atoms with Crippen LogP contribution in [0.2, 0.25) is 0 Å². The molecule has 1 saturated heterocycles. The van der Waals surface area contributed by atoms with E-state index in [-0.39, 0.29) is 18.2 Å². The Morgan fingerprint density at radius 1 is 1.46 bits per heavy atom. The number of hydrogen-bond donors (Lipinski definition) is 1. The second-order valence-corrected chi connectivity index (χ2v) is 7.99. The van der Waals surface area contributed by atoms with Crippen LogP contribution >= 0.6 is 11.3 Å². The molecule has 4 rings (SSSR count). The third kappa shape index (κ3) is 3.73. The van der Waals surface area contributed by atoms with Crippen molar-refractivity contribution in [1.82, 2.24) is 30.2 Å². The van der Waals surface area contributed by atoms with Crippen LogP contribution in [-0.4, -0.2) is 56.1 Å². The van der Waals surface area contributed by atoms with Crippen molar-refractivity contribution in [3.8, 4) is 0 Å². The van der Waals surface area contributed by atoms with Crippen LogP contribution in [0.5, 0.6) is 0 Å². The molecule has 0 saturated carbocycles. The summed E-state index contributed by atoms with van der Waals surface area (Å²) in [6, 6.07) is 0.128. The zero-order valence-corrected chi connectivity index (χ0v) is 16.0. The lowest BCUT2D eigenvalue weighted by Gasteiger charge is -2.25. The van der Waals surface area contributed by atoms with Gasteiger partial charge in [-0.3, -0.25) is 4.68 Å². The predicted molar refractivity (Wildman–Crippen MR) is 97.0 cm³/mol. The Bertz CT molecular complexity index is 788. The average molecular weight is 376 g/mol. The van der Waals surface area contributed by atoms with Gasteiger partial charge in [-0.2, -0.15) is 0 Å². The third-order valence-electron chi connectivity index (χ3n) is 5.06. The molecule has 140 valence electrons. The van der Waals surface area contributed by atoms with Gasteiger partial charge in [0.15, 0.2) is 0 Å². The van der Waals surface area contributed by atoms with Crippen molar-refractivity contribution in [2.45, 2.75) is 51.4 Å². The van der Waals surface area contributed by atoms with Crippen molar-refractivity contribution < 1.29 is 9.53 Å². The fourth-order valence-electron chi connectivity index (χ4n) is 3.63. The fourth-order valence-corrected chi connectivity index (χ4v) is 4.32. The second kappa shape index (κ2) is 7.32. The lowest BCUT2D eigenvalue weighted by molar-refractivity contribution is 0.0484. The molecule has 1 N–H and O–H groups in total. The highest BCUT2D eigenvalue weighted by atomic mass is 32.1. The molecule has 2 aliphatic rings. The molecule has 2 atom stereocenters. The molecular weight excluding hydrogens is 352 g/mol. The van der Waals surface area contributed by atoms with Crippen LogP contribution in [0.1, 0.15) is 34.9 Å². The van der Waals surface area contributed by atoms with Gasteiger partial charge in [0.25, 0.3) is 0 Å². The average Bonchev–Trinajstić information content (AvgIpc) is 3.34. The van der Waals surface area contributed by atoms with Crippen LogP contribution in [0.15, 0.2) is 5.38 Å².